The Labute approximate surface area is 199 Å². The van der Waals surface area contributed by atoms with Crippen LogP contribution in [-0.2, 0) is 0 Å². The summed E-state index contributed by atoms with van der Waals surface area (Å²) in [4.78, 5) is 22.2. The third kappa shape index (κ3) is 4.59. The van der Waals surface area contributed by atoms with Crippen LogP contribution in [0, 0.1) is 6.92 Å². The summed E-state index contributed by atoms with van der Waals surface area (Å²) in [6, 6.07) is 15.9. The van der Waals surface area contributed by atoms with Gasteiger partial charge in [0.2, 0.25) is 0 Å². The van der Waals surface area contributed by atoms with Crippen molar-refractivity contribution in [1.82, 2.24) is 24.7 Å². The van der Waals surface area contributed by atoms with Crippen LogP contribution in [0.25, 0.3) is 22.5 Å². The molecule has 3 aromatic heterocycles. The summed E-state index contributed by atoms with van der Waals surface area (Å²) >= 11 is 0. The molecule has 34 heavy (non-hydrogen) atoms. The fourth-order valence-corrected chi connectivity index (χ4v) is 4.05. The van der Waals surface area contributed by atoms with Crippen LogP contribution in [0.3, 0.4) is 0 Å². The van der Waals surface area contributed by atoms with Crippen molar-refractivity contribution in [3.63, 3.8) is 0 Å². The highest BCUT2D eigenvalue weighted by molar-refractivity contribution is 6.03. The zero-order valence-corrected chi connectivity index (χ0v) is 19.7. The van der Waals surface area contributed by atoms with E-state index in [-0.39, 0.29) is 11.9 Å². The van der Waals surface area contributed by atoms with Gasteiger partial charge in [-0.05, 0) is 69.0 Å². The highest BCUT2D eigenvalue weighted by Gasteiger charge is 2.24. The molecule has 1 N–H and O–H groups in total. The molecule has 1 aliphatic carbocycles. The van der Waals surface area contributed by atoms with Crippen LogP contribution in [0.15, 0.2) is 61.1 Å². The second-order valence-electron chi connectivity index (χ2n) is 8.98. The maximum atomic E-state index is 13.1. The first-order valence-electron chi connectivity index (χ1n) is 11.8. The highest BCUT2D eigenvalue weighted by atomic mass is 16.1. The number of amides is 1. The number of pyridine rings is 2. The molecule has 0 bridgehead atoms. The molecular formula is C27H28N6O. The largest absolute Gasteiger partial charge is 0.321 e. The van der Waals surface area contributed by atoms with Crippen LogP contribution in [-0.4, -0.2) is 30.6 Å². The number of nitrogens with zero attached hydrogens (tertiary/aromatic N) is 5. The van der Waals surface area contributed by atoms with Crippen LogP contribution in [0.4, 0.5) is 5.69 Å². The third-order valence-electron chi connectivity index (χ3n) is 6.32. The normalized spacial score (nSPS) is 14.1. The Hall–Kier alpha value is -3.87. The summed E-state index contributed by atoms with van der Waals surface area (Å²) in [6.07, 6.45) is 7.06. The number of aromatic nitrogens is 5. The monoisotopic (exact) mass is 452 g/mol. The SMILES string of the molecule is CCC(C)n1cnnc1-c1cccc(NC(=O)c2cc(-c3ccc(C4CC4)nc3)cc(C)n2)c1. The van der Waals surface area contributed by atoms with Gasteiger partial charge in [0.25, 0.3) is 5.91 Å². The molecule has 5 rings (SSSR count). The van der Waals surface area contributed by atoms with E-state index < -0.39 is 0 Å². The van der Waals surface area contributed by atoms with Crippen molar-refractivity contribution in [2.75, 3.05) is 5.32 Å². The van der Waals surface area contributed by atoms with E-state index in [2.05, 4.69) is 56.0 Å². The quantitative estimate of drug-likeness (QED) is 0.382. The van der Waals surface area contributed by atoms with Gasteiger partial charge in [-0.2, -0.15) is 0 Å². The van der Waals surface area contributed by atoms with Crippen LogP contribution in [0.1, 0.15) is 66.9 Å². The molecule has 0 radical (unpaired) electrons. The molecule has 1 atom stereocenters. The number of aryl methyl sites for hydroxylation is 1. The number of benzene rings is 1. The van der Waals surface area contributed by atoms with Crippen molar-refractivity contribution >= 4 is 11.6 Å². The number of nitrogens with one attached hydrogen (secondary N) is 1. The summed E-state index contributed by atoms with van der Waals surface area (Å²) in [6.45, 7) is 6.16. The summed E-state index contributed by atoms with van der Waals surface area (Å²) in [5.74, 6) is 1.14. The smallest absolute Gasteiger partial charge is 0.274 e. The van der Waals surface area contributed by atoms with Gasteiger partial charge in [-0.1, -0.05) is 25.1 Å². The lowest BCUT2D eigenvalue weighted by Gasteiger charge is -2.14. The van der Waals surface area contributed by atoms with Gasteiger partial charge in [0.05, 0.1) is 0 Å². The lowest BCUT2D eigenvalue weighted by Crippen LogP contribution is -2.14. The molecule has 1 saturated carbocycles. The number of carbonyl (C=O) groups excluding carboxylic acids is 1. The van der Waals surface area contributed by atoms with Gasteiger partial charge < -0.3 is 9.88 Å². The molecule has 7 nitrogen and oxygen atoms in total. The zero-order chi connectivity index (χ0) is 23.7. The first-order valence-corrected chi connectivity index (χ1v) is 11.8. The molecule has 0 saturated heterocycles. The minimum atomic E-state index is -0.256. The van der Waals surface area contributed by atoms with E-state index in [9.17, 15) is 4.79 Å². The molecule has 0 spiro atoms. The number of hydrogen-bond donors (Lipinski definition) is 1. The van der Waals surface area contributed by atoms with E-state index in [1.54, 1.807) is 6.33 Å². The average molecular weight is 453 g/mol. The van der Waals surface area contributed by atoms with E-state index >= 15 is 0 Å². The highest BCUT2D eigenvalue weighted by Crippen LogP contribution is 2.39. The van der Waals surface area contributed by atoms with Gasteiger partial charge in [-0.25, -0.2) is 4.98 Å². The number of carbonyl (C=O) groups is 1. The van der Waals surface area contributed by atoms with Crippen LogP contribution in [0.2, 0.25) is 0 Å². The summed E-state index contributed by atoms with van der Waals surface area (Å²) in [5.41, 5.74) is 5.80. The Morgan fingerprint density at radius 2 is 1.97 bits per heavy atom. The van der Waals surface area contributed by atoms with Crippen LogP contribution >= 0.6 is 0 Å². The van der Waals surface area contributed by atoms with Gasteiger partial charge in [-0.15, -0.1) is 10.2 Å². The Morgan fingerprint density at radius 3 is 2.71 bits per heavy atom. The molecule has 1 aromatic carbocycles. The third-order valence-corrected chi connectivity index (χ3v) is 6.32. The topological polar surface area (TPSA) is 85.6 Å². The van der Waals surface area contributed by atoms with Crippen molar-refractivity contribution in [1.29, 1.82) is 0 Å². The minimum Gasteiger partial charge on any atom is -0.321 e. The Morgan fingerprint density at radius 1 is 1.12 bits per heavy atom. The molecule has 4 aromatic rings. The van der Waals surface area contributed by atoms with Crippen LogP contribution in [0.5, 0.6) is 0 Å². The summed E-state index contributed by atoms with van der Waals surface area (Å²) in [7, 11) is 0. The van der Waals surface area contributed by atoms with Gasteiger partial charge in [0.15, 0.2) is 5.82 Å². The second kappa shape index (κ2) is 9.17. The predicted molar refractivity (Wildman–Crippen MR) is 133 cm³/mol. The molecule has 0 aliphatic heterocycles. The molecular weight excluding hydrogens is 424 g/mol. The number of rotatable bonds is 7. The van der Waals surface area contributed by atoms with Gasteiger partial charge in [-0.3, -0.25) is 9.78 Å². The average Bonchev–Trinajstić information content (AvgIpc) is 3.59. The van der Waals surface area contributed by atoms with Crippen molar-refractivity contribution in [2.45, 2.75) is 52.0 Å². The van der Waals surface area contributed by atoms with Gasteiger partial charge in [0, 0.05) is 46.4 Å². The maximum absolute atomic E-state index is 13.1. The fraction of sp³-hybridized carbons (Fsp3) is 0.296. The summed E-state index contributed by atoms with van der Waals surface area (Å²) < 4.78 is 2.05. The Kier molecular flexibility index (Phi) is 5.92. The van der Waals surface area contributed by atoms with Crippen molar-refractivity contribution in [3.05, 3.63) is 78.1 Å². The van der Waals surface area contributed by atoms with Crippen LogP contribution < -0.4 is 5.32 Å². The molecule has 1 aliphatic rings. The molecule has 1 unspecified atom stereocenters. The van der Waals surface area contributed by atoms with E-state index in [1.165, 1.54) is 12.8 Å². The van der Waals surface area contributed by atoms with Crippen molar-refractivity contribution in [3.8, 4) is 22.5 Å². The van der Waals surface area contributed by atoms with E-state index in [0.29, 0.717) is 17.3 Å². The van der Waals surface area contributed by atoms with E-state index in [4.69, 9.17) is 0 Å². The van der Waals surface area contributed by atoms with Gasteiger partial charge >= 0.3 is 0 Å². The second-order valence-corrected chi connectivity index (χ2v) is 8.98. The number of anilines is 1. The first-order chi connectivity index (χ1) is 16.5. The standard InChI is InChI=1S/C27H28N6O/c1-4-18(3)33-16-29-32-26(33)20-6-5-7-23(13-20)31-27(34)25-14-22(12-17(2)30-25)21-10-11-24(28-15-21)19-8-9-19/h5-7,10-16,18-19H,4,8-9H2,1-3H3,(H,31,34). The van der Waals surface area contributed by atoms with E-state index in [1.807, 2.05) is 49.5 Å². The summed E-state index contributed by atoms with van der Waals surface area (Å²) in [5, 5.41) is 11.4. The maximum Gasteiger partial charge on any atom is 0.274 e. The van der Waals surface area contributed by atoms with Crippen molar-refractivity contribution in [2.24, 2.45) is 0 Å². The first kappa shape index (κ1) is 21.9. The predicted octanol–water partition coefficient (Wildman–Crippen LogP) is 5.81. The Bertz CT molecular complexity index is 1320. The van der Waals surface area contributed by atoms with Gasteiger partial charge in [0.1, 0.15) is 12.0 Å². The molecule has 172 valence electrons. The number of hydrogen-bond acceptors (Lipinski definition) is 5. The lowest BCUT2D eigenvalue weighted by molar-refractivity contribution is 0.102. The van der Waals surface area contributed by atoms with E-state index in [0.717, 1.165) is 40.3 Å². The molecule has 7 heteroatoms. The molecule has 1 amide bonds. The lowest BCUT2D eigenvalue weighted by atomic mass is 10.1. The van der Waals surface area contributed by atoms with Crippen molar-refractivity contribution < 1.29 is 4.79 Å². The minimum absolute atomic E-state index is 0.256. The fourth-order valence-electron chi connectivity index (χ4n) is 4.05. The molecule has 1 fully saturated rings. The zero-order valence-electron chi connectivity index (χ0n) is 19.7. The Balaban J connectivity index is 1.38. The molecule has 3 heterocycles.